The highest BCUT2D eigenvalue weighted by molar-refractivity contribution is 14.0. The second kappa shape index (κ2) is 14.7. The first-order chi connectivity index (χ1) is 15.2. The molecule has 1 aromatic rings. The minimum Gasteiger partial charge on any atom is -0.376 e. The summed E-state index contributed by atoms with van der Waals surface area (Å²) in [5.74, 6) is 1.92. The molecule has 1 atom stereocenters. The molecule has 1 saturated heterocycles. The largest absolute Gasteiger partial charge is 0.376 e. The lowest BCUT2D eigenvalue weighted by Gasteiger charge is -2.38. The van der Waals surface area contributed by atoms with E-state index in [1.807, 2.05) is 18.2 Å². The van der Waals surface area contributed by atoms with E-state index in [4.69, 9.17) is 4.74 Å². The first-order valence-corrected chi connectivity index (χ1v) is 11.7. The number of rotatable bonds is 10. The van der Waals surface area contributed by atoms with Crippen molar-refractivity contribution in [2.45, 2.75) is 32.8 Å². The number of hydrogen-bond acceptors (Lipinski definition) is 4. The number of guanidine groups is 1. The molecule has 3 rings (SSSR count). The van der Waals surface area contributed by atoms with Gasteiger partial charge in [-0.1, -0.05) is 43.7 Å². The van der Waals surface area contributed by atoms with Crippen molar-refractivity contribution in [2.24, 2.45) is 16.8 Å². The van der Waals surface area contributed by atoms with Gasteiger partial charge in [-0.3, -0.25) is 14.7 Å². The van der Waals surface area contributed by atoms with Crippen molar-refractivity contribution in [2.75, 3.05) is 59.5 Å². The summed E-state index contributed by atoms with van der Waals surface area (Å²) in [4.78, 5) is 21.2. The number of carbonyl (C=O) groups excluding carboxylic acids is 1. The smallest absolute Gasteiger partial charge is 0.225 e. The number of nitrogens with one attached hydrogen (secondary N) is 2. The van der Waals surface area contributed by atoms with Crippen LogP contribution >= 0.6 is 24.0 Å². The highest BCUT2D eigenvalue weighted by atomic mass is 127. The molecule has 1 aliphatic carbocycles. The van der Waals surface area contributed by atoms with Gasteiger partial charge in [0.2, 0.25) is 5.91 Å². The number of benzene rings is 1. The zero-order valence-corrected chi connectivity index (χ0v) is 21.9. The van der Waals surface area contributed by atoms with Crippen molar-refractivity contribution >= 4 is 35.8 Å². The number of ether oxygens (including phenoxy) is 1. The first-order valence-electron chi connectivity index (χ1n) is 11.7. The summed E-state index contributed by atoms with van der Waals surface area (Å²) in [6.45, 7) is 9.80. The fraction of sp³-hybridized carbons (Fsp3) is 0.667. The fourth-order valence-corrected chi connectivity index (χ4v) is 3.94. The third kappa shape index (κ3) is 8.86. The number of hydrogen-bond donors (Lipinski definition) is 2. The Bertz CT molecular complexity index is 691. The molecular formula is C24H40IN5O2. The molecule has 7 nitrogen and oxygen atoms in total. The van der Waals surface area contributed by atoms with E-state index in [-0.39, 0.29) is 24.0 Å². The van der Waals surface area contributed by atoms with Gasteiger partial charge in [0.25, 0.3) is 0 Å². The van der Waals surface area contributed by atoms with Crippen LogP contribution < -0.4 is 10.6 Å². The Hall–Kier alpha value is -1.39. The van der Waals surface area contributed by atoms with Gasteiger partial charge in [-0.15, -0.1) is 24.0 Å². The van der Waals surface area contributed by atoms with Gasteiger partial charge in [0.05, 0.1) is 13.2 Å². The molecule has 0 bridgehead atoms. The zero-order valence-electron chi connectivity index (χ0n) is 19.6. The van der Waals surface area contributed by atoms with Gasteiger partial charge < -0.3 is 20.3 Å². The molecule has 1 amide bonds. The molecule has 1 saturated carbocycles. The van der Waals surface area contributed by atoms with Crippen LogP contribution in [-0.4, -0.2) is 81.1 Å². The monoisotopic (exact) mass is 557 g/mol. The van der Waals surface area contributed by atoms with Crippen molar-refractivity contribution in [3.63, 3.8) is 0 Å². The Morgan fingerprint density at radius 1 is 1.16 bits per heavy atom. The van der Waals surface area contributed by atoms with Crippen LogP contribution in [0.2, 0.25) is 0 Å². The SMILES string of the molecule is CN=C(NCCN1CCN(C(=O)C2CCC2)CC1)NCC(C)COCc1ccccc1.I. The van der Waals surface area contributed by atoms with Gasteiger partial charge >= 0.3 is 0 Å². The van der Waals surface area contributed by atoms with Crippen LogP contribution in [-0.2, 0) is 16.1 Å². The summed E-state index contributed by atoms with van der Waals surface area (Å²) in [5, 5.41) is 6.79. The topological polar surface area (TPSA) is 69.2 Å². The van der Waals surface area contributed by atoms with Crippen molar-refractivity contribution in [1.29, 1.82) is 0 Å². The molecule has 1 unspecified atom stereocenters. The van der Waals surface area contributed by atoms with E-state index >= 15 is 0 Å². The van der Waals surface area contributed by atoms with Crippen LogP contribution in [0, 0.1) is 11.8 Å². The van der Waals surface area contributed by atoms with Crippen molar-refractivity contribution in [3.8, 4) is 0 Å². The Labute approximate surface area is 210 Å². The molecule has 2 fully saturated rings. The maximum absolute atomic E-state index is 12.4. The molecule has 180 valence electrons. The Balaban J connectivity index is 0.00000363. The molecule has 2 N–H and O–H groups in total. The Kier molecular flexibility index (Phi) is 12.3. The molecule has 1 aromatic carbocycles. The maximum Gasteiger partial charge on any atom is 0.225 e. The van der Waals surface area contributed by atoms with Crippen LogP contribution in [0.4, 0.5) is 0 Å². The summed E-state index contributed by atoms with van der Waals surface area (Å²) in [6.07, 6.45) is 3.40. The molecule has 8 heteroatoms. The standard InChI is InChI=1S/C24H39N5O2.HI/c1-20(18-31-19-21-7-4-3-5-8-21)17-27-24(25-2)26-11-12-28-13-15-29(16-14-28)23(30)22-9-6-10-22;/h3-5,7-8,20,22H,6,9-19H2,1-2H3,(H2,25,26,27);1H. The number of halogens is 1. The van der Waals surface area contributed by atoms with Crippen LogP contribution in [0.1, 0.15) is 31.7 Å². The highest BCUT2D eigenvalue weighted by Gasteiger charge is 2.30. The summed E-state index contributed by atoms with van der Waals surface area (Å²) in [5.41, 5.74) is 1.20. The fourth-order valence-electron chi connectivity index (χ4n) is 3.94. The van der Waals surface area contributed by atoms with Gasteiger partial charge in [-0.05, 0) is 24.3 Å². The van der Waals surface area contributed by atoms with Crippen LogP contribution in [0.15, 0.2) is 35.3 Å². The molecule has 0 aromatic heterocycles. The predicted molar refractivity (Wildman–Crippen MR) is 140 cm³/mol. The third-order valence-electron chi connectivity index (χ3n) is 6.21. The van der Waals surface area contributed by atoms with Gasteiger partial charge in [0.15, 0.2) is 5.96 Å². The lowest BCUT2D eigenvalue weighted by atomic mass is 9.84. The second-order valence-corrected chi connectivity index (χ2v) is 8.78. The first kappa shape index (κ1) is 26.9. The molecular weight excluding hydrogens is 517 g/mol. The molecule has 2 aliphatic rings. The minimum absolute atomic E-state index is 0. The van der Waals surface area contributed by atoms with E-state index in [0.717, 1.165) is 64.6 Å². The number of nitrogens with zero attached hydrogens (tertiary/aromatic N) is 3. The number of aliphatic imine (C=N–C) groups is 1. The van der Waals surface area contributed by atoms with Crippen molar-refractivity contribution < 1.29 is 9.53 Å². The quantitative estimate of drug-likeness (QED) is 0.263. The van der Waals surface area contributed by atoms with Gasteiger partial charge in [-0.2, -0.15) is 0 Å². The number of amides is 1. The van der Waals surface area contributed by atoms with E-state index in [0.29, 0.717) is 31.0 Å². The summed E-state index contributed by atoms with van der Waals surface area (Å²) in [7, 11) is 1.80. The maximum atomic E-state index is 12.4. The average Bonchev–Trinajstić information content (AvgIpc) is 2.76. The minimum atomic E-state index is 0. The Morgan fingerprint density at radius 2 is 1.88 bits per heavy atom. The summed E-state index contributed by atoms with van der Waals surface area (Å²) in [6, 6.07) is 10.3. The van der Waals surface area contributed by atoms with E-state index in [9.17, 15) is 4.79 Å². The summed E-state index contributed by atoms with van der Waals surface area (Å²) < 4.78 is 5.82. The molecule has 0 radical (unpaired) electrons. The van der Waals surface area contributed by atoms with Crippen LogP contribution in [0.3, 0.4) is 0 Å². The van der Waals surface area contributed by atoms with Crippen LogP contribution in [0.5, 0.6) is 0 Å². The van der Waals surface area contributed by atoms with E-state index in [1.54, 1.807) is 7.05 Å². The van der Waals surface area contributed by atoms with E-state index < -0.39 is 0 Å². The molecule has 1 aliphatic heterocycles. The number of piperazine rings is 1. The summed E-state index contributed by atoms with van der Waals surface area (Å²) >= 11 is 0. The number of carbonyl (C=O) groups is 1. The molecule has 32 heavy (non-hydrogen) atoms. The predicted octanol–water partition coefficient (Wildman–Crippen LogP) is 2.57. The van der Waals surface area contributed by atoms with E-state index in [1.165, 1.54) is 12.0 Å². The second-order valence-electron chi connectivity index (χ2n) is 8.78. The normalized spacial score (nSPS) is 18.4. The highest BCUT2D eigenvalue weighted by Crippen LogP contribution is 2.28. The van der Waals surface area contributed by atoms with E-state index in [2.05, 4.69) is 44.5 Å². The van der Waals surface area contributed by atoms with Crippen LogP contribution in [0.25, 0.3) is 0 Å². The lowest BCUT2D eigenvalue weighted by Crippen LogP contribution is -2.52. The van der Waals surface area contributed by atoms with Crippen molar-refractivity contribution in [3.05, 3.63) is 35.9 Å². The van der Waals surface area contributed by atoms with Gasteiger partial charge in [0.1, 0.15) is 0 Å². The van der Waals surface area contributed by atoms with Gasteiger partial charge in [-0.25, -0.2) is 0 Å². The van der Waals surface area contributed by atoms with Gasteiger partial charge in [0, 0.05) is 58.8 Å². The zero-order chi connectivity index (χ0) is 21.9. The Morgan fingerprint density at radius 3 is 2.50 bits per heavy atom. The third-order valence-corrected chi connectivity index (χ3v) is 6.21. The lowest BCUT2D eigenvalue weighted by molar-refractivity contribution is -0.139. The molecule has 1 heterocycles. The molecule has 0 spiro atoms. The average molecular weight is 558 g/mol. The van der Waals surface area contributed by atoms with Crippen molar-refractivity contribution in [1.82, 2.24) is 20.4 Å².